The van der Waals surface area contributed by atoms with Gasteiger partial charge in [-0.25, -0.2) is 13.8 Å². The van der Waals surface area contributed by atoms with Crippen molar-refractivity contribution in [3.63, 3.8) is 0 Å². The average molecular weight is 513 g/mol. The fourth-order valence-electron chi connectivity index (χ4n) is 4.11. The molecule has 1 N–H and O–H groups in total. The second kappa shape index (κ2) is 8.14. The number of thiophene rings is 1. The second-order valence-electron chi connectivity index (χ2n) is 7.77. The Hall–Kier alpha value is -3.83. The predicted octanol–water partition coefficient (Wildman–Crippen LogP) is 5.03. The Kier molecular flexibility index (Phi) is 5.04. The molecule has 2 aromatic carbocycles. The fraction of sp³-hybridized carbons (Fsp3) is 0.125. The lowest BCUT2D eigenvalue weighted by atomic mass is 9.99. The summed E-state index contributed by atoms with van der Waals surface area (Å²) in [5, 5.41) is 13.1. The van der Waals surface area contributed by atoms with E-state index in [-0.39, 0.29) is 27.5 Å². The fourth-order valence-corrected chi connectivity index (χ4v) is 5.93. The van der Waals surface area contributed by atoms with Gasteiger partial charge >= 0.3 is 5.91 Å². The maximum atomic E-state index is 13.8. The lowest BCUT2D eigenvalue weighted by Crippen LogP contribution is -2.28. The van der Waals surface area contributed by atoms with Crippen LogP contribution in [0.25, 0.3) is 16.0 Å². The molecule has 1 amide bonds. The van der Waals surface area contributed by atoms with Gasteiger partial charge in [0.25, 0.3) is 5.78 Å². The number of benzene rings is 2. The second-order valence-corrected chi connectivity index (χ2v) is 9.76. The number of ketones is 1. The van der Waals surface area contributed by atoms with Gasteiger partial charge in [0, 0.05) is 16.5 Å². The number of carbonyl (C=O) groups is 2. The van der Waals surface area contributed by atoms with Crippen molar-refractivity contribution in [1.82, 2.24) is 4.98 Å². The van der Waals surface area contributed by atoms with E-state index in [1.54, 1.807) is 35.7 Å². The number of hydrogen-bond donors (Lipinski definition) is 1. The van der Waals surface area contributed by atoms with Gasteiger partial charge in [0.1, 0.15) is 25.0 Å². The normalized spacial score (nSPS) is 19.0. The summed E-state index contributed by atoms with van der Waals surface area (Å²) in [5.41, 5.74) is 0.315. The van der Waals surface area contributed by atoms with Crippen LogP contribution in [-0.2, 0) is 9.59 Å². The van der Waals surface area contributed by atoms with Gasteiger partial charge in [0.05, 0.1) is 15.8 Å². The van der Waals surface area contributed by atoms with Crippen LogP contribution in [0.2, 0.25) is 0 Å². The van der Waals surface area contributed by atoms with Crippen molar-refractivity contribution in [2.75, 3.05) is 18.1 Å². The van der Waals surface area contributed by atoms with E-state index in [1.807, 2.05) is 0 Å². The van der Waals surface area contributed by atoms with Crippen molar-refractivity contribution in [3.05, 3.63) is 75.5 Å². The molecule has 0 bridgehead atoms. The molecular weight excluding hydrogens is 498 g/mol. The van der Waals surface area contributed by atoms with E-state index in [9.17, 15) is 23.5 Å². The number of thiazole rings is 1. The molecule has 0 spiro atoms. The number of ether oxygens (including phenoxy) is 2. The number of nitrogens with zero attached hydrogens (tertiary/aromatic N) is 2. The van der Waals surface area contributed by atoms with E-state index in [0.717, 1.165) is 28.4 Å². The summed E-state index contributed by atoms with van der Waals surface area (Å²) in [4.78, 5) is 32.5. The third-order valence-electron chi connectivity index (χ3n) is 5.70. The molecule has 4 aromatic rings. The van der Waals surface area contributed by atoms with Gasteiger partial charge in [0.15, 0.2) is 28.3 Å². The smallest absolute Gasteiger partial charge is 0.301 e. The molecule has 1 atom stereocenters. The molecule has 2 aliphatic rings. The van der Waals surface area contributed by atoms with Gasteiger partial charge in [-0.15, -0.1) is 11.3 Å². The van der Waals surface area contributed by atoms with E-state index in [2.05, 4.69) is 4.98 Å². The quantitative estimate of drug-likeness (QED) is 0.235. The zero-order valence-electron chi connectivity index (χ0n) is 17.7. The Morgan fingerprint density at radius 1 is 1.06 bits per heavy atom. The lowest BCUT2D eigenvalue weighted by molar-refractivity contribution is -0.132. The molecule has 0 saturated carbocycles. The highest BCUT2D eigenvalue weighted by Crippen LogP contribution is 2.46. The highest BCUT2D eigenvalue weighted by atomic mass is 32.1. The zero-order chi connectivity index (χ0) is 24.3. The van der Waals surface area contributed by atoms with Crippen molar-refractivity contribution >= 4 is 55.5 Å². The summed E-state index contributed by atoms with van der Waals surface area (Å²) >= 11 is 2.25. The van der Waals surface area contributed by atoms with Crippen molar-refractivity contribution in [2.45, 2.75) is 6.04 Å². The Bertz CT molecular complexity index is 1510. The Morgan fingerprint density at radius 3 is 2.60 bits per heavy atom. The molecule has 1 unspecified atom stereocenters. The molecule has 1 fully saturated rings. The molecule has 176 valence electrons. The summed E-state index contributed by atoms with van der Waals surface area (Å²) in [6.07, 6.45) is 0. The highest BCUT2D eigenvalue weighted by molar-refractivity contribution is 7.22. The molecule has 4 heterocycles. The largest absolute Gasteiger partial charge is 0.507 e. The average Bonchev–Trinajstić information content (AvgIpc) is 3.58. The first-order chi connectivity index (χ1) is 16.9. The molecule has 35 heavy (non-hydrogen) atoms. The summed E-state index contributed by atoms with van der Waals surface area (Å²) in [7, 11) is 0. The van der Waals surface area contributed by atoms with Crippen LogP contribution in [0.3, 0.4) is 0 Å². The summed E-state index contributed by atoms with van der Waals surface area (Å²) < 4.78 is 38.9. The first-order valence-corrected chi connectivity index (χ1v) is 12.1. The topological polar surface area (TPSA) is 89.0 Å². The van der Waals surface area contributed by atoms with E-state index in [0.29, 0.717) is 34.3 Å². The number of rotatable bonds is 3. The van der Waals surface area contributed by atoms with Crippen LogP contribution in [0, 0.1) is 11.6 Å². The first kappa shape index (κ1) is 21.7. The molecule has 6 rings (SSSR count). The van der Waals surface area contributed by atoms with Crippen LogP contribution in [0.4, 0.5) is 13.9 Å². The summed E-state index contributed by atoms with van der Waals surface area (Å²) in [6.45, 7) is 0.743. The lowest BCUT2D eigenvalue weighted by Gasteiger charge is -2.22. The number of anilines is 1. The van der Waals surface area contributed by atoms with Crippen LogP contribution in [0.5, 0.6) is 11.5 Å². The molecule has 2 aliphatic heterocycles. The maximum absolute atomic E-state index is 13.8. The predicted molar refractivity (Wildman–Crippen MR) is 126 cm³/mol. The highest BCUT2D eigenvalue weighted by Gasteiger charge is 2.48. The maximum Gasteiger partial charge on any atom is 0.301 e. The van der Waals surface area contributed by atoms with Crippen molar-refractivity contribution in [2.24, 2.45) is 0 Å². The van der Waals surface area contributed by atoms with Gasteiger partial charge in [0.2, 0.25) is 0 Å². The zero-order valence-corrected chi connectivity index (χ0v) is 19.3. The van der Waals surface area contributed by atoms with E-state index in [1.165, 1.54) is 11.3 Å². The van der Waals surface area contributed by atoms with Crippen molar-refractivity contribution in [1.29, 1.82) is 0 Å². The molecule has 1 saturated heterocycles. The minimum Gasteiger partial charge on any atom is -0.507 e. The van der Waals surface area contributed by atoms with Crippen LogP contribution >= 0.6 is 22.7 Å². The SMILES string of the molecule is O=C1C(=O)N(c2nc3cc(F)c(F)cc3s2)C(c2cccs2)/C1=C(\O)c1ccc2c(c1)OCCO2. The van der Waals surface area contributed by atoms with Crippen LogP contribution in [0.1, 0.15) is 16.5 Å². The molecule has 0 radical (unpaired) electrons. The number of hydrogen-bond acceptors (Lipinski definition) is 8. The third kappa shape index (κ3) is 3.46. The van der Waals surface area contributed by atoms with E-state index < -0.39 is 29.4 Å². The Morgan fingerprint density at radius 2 is 1.83 bits per heavy atom. The van der Waals surface area contributed by atoms with Gasteiger partial charge in [-0.1, -0.05) is 17.4 Å². The molecular formula is C24H14F2N2O5S2. The molecule has 7 nitrogen and oxygen atoms in total. The number of fused-ring (bicyclic) bond motifs is 2. The first-order valence-electron chi connectivity index (χ1n) is 10.4. The van der Waals surface area contributed by atoms with Gasteiger partial charge < -0.3 is 14.6 Å². The minimum atomic E-state index is -1.06. The number of amides is 1. The Balaban J connectivity index is 1.52. The molecule has 2 aromatic heterocycles. The van der Waals surface area contributed by atoms with E-state index in [4.69, 9.17) is 9.47 Å². The van der Waals surface area contributed by atoms with E-state index >= 15 is 0 Å². The van der Waals surface area contributed by atoms with Crippen LogP contribution in [-0.4, -0.2) is 35.0 Å². The number of Topliss-reactive ketones (excluding diaryl/α,β-unsaturated/α-hetero) is 1. The molecule has 11 heteroatoms. The number of halogens is 2. The van der Waals surface area contributed by atoms with Crippen molar-refractivity contribution in [3.8, 4) is 11.5 Å². The van der Waals surface area contributed by atoms with Gasteiger partial charge in [-0.2, -0.15) is 0 Å². The number of carbonyl (C=O) groups excluding carboxylic acids is 2. The monoisotopic (exact) mass is 512 g/mol. The van der Waals surface area contributed by atoms with Crippen LogP contribution < -0.4 is 14.4 Å². The number of aliphatic hydroxyl groups is 1. The summed E-state index contributed by atoms with van der Waals surface area (Å²) in [6, 6.07) is 9.20. The summed E-state index contributed by atoms with van der Waals surface area (Å²) in [5.74, 6) is -3.35. The van der Waals surface area contributed by atoms with Crippen molar-refractivity contribution < 1.29 is 33.0 Å². The van der Waals surface area contributed by atoms with Gasteiger partial charge in [-0.3, -0.25) is 14.5 Å². The minimum absolute atomic E-state index is 0.0896. The van der Waals surface area contributed by atoms with Gasteiger partial charge in [-0.05, 0) is 35.7 Å². The van der Waals surface area contributed by atoms with Crippen LogP contribution in [0.15, 0.2) is 53.4 Å². The number of aromatic nitrogens is 1. The standard InChI is InChI=1S/C24H14F2N2O5S2/c25-12-9-14-18(10-13(12)26)35-24(27-14)28-20(17-2-1-7-34-17)19(22(30)23(28)31)21(29)11-3-4-15-16(8-11)33-6-5-32-15/h1-4,7-10,20,29H,5-6H2/b21-19+. The Labute approximate surface area is 204 Å². The number of aliphatic hydroxyl groups excluding tert-OH is 1. The third-order valence-corrected chi connectivity index (χ3v) is 7.64. The molecule has 0 aliphatic carbocycles.